The number of Topliss-reactive ketones (excluding diaryl/α,β-unsaturated/α-hetero) is 1. The Bertz CT molecular complexity index is 1250. The van der Waals surface area contributed by atoms with E-state index >= 15 is 0 Å². The number of anilines is 1. The minimum Gasteiger partial charge on any atom is -0.507 e. The Morgan fingerprint density at radius 3 is 2.22 bits per heavy atom. The Hall–Kier alpha value is -4.07. The molecule has 0 fully saturated rings. The third-order valence-electron chi connectivity index (χ3n) is 5.04. The number of phenols is 1. The second kappa shape index (κ2) is 7.88. The highest BCUT2D eigenvalue weighted by Crippen LogP contribution is 2.33. The number of nitrogens with one attached hydrogen (secondary N) is 1. The van der Waals surface area contributed by atoms with Gasteiger partial charge in [-0.05, 0) is 61.9 Å². The molecule has 162 valence electrons. The quantitative estimate of drug-likeness (QED) is 0.622. The van der Waals surface area contributed by atoms with Crippen LogP contribution < -0.4 is 5.32 Å². The lowest BCUT2D eigenvalue weighted by Crippen LogP contribution is -2.33. The number of rotatable bonds is 4. The first-order valence-corrected chi connectivity index (χ1v) is 9.67. The first-order valence-electron chi connectivity index (χ1n) is 9.67. The summed E-state index contributed by atoms with van der Waals surface area (Å²) in [5, 5.41) is 16.6. The molecule has 4 rings (SSSR count). The van der Waals surface area contributed by atoms with Gasteiger partial charge in [0.05, 0.1) is 0 Å². The molecule has 1 aliphatic rings. The maximum atomic E-state index is 13.8. The number of carbonyl (C=O) groups is 2. The van der Waals surface area contributed by atoms with Crippen LogP contribution in [0.4, 0.5) is 14.5 Å². The van der Waals surface area contributed by atoms with Gasteiger partial charge in [0.25, 0.3) is 5.91 Å². The number of hydrogen-bond acceptors (Lipinski definition) is 5. The van der Waals surface area contributed by atoms with Crippen molar-refractivity contribution in [3.05, 3.63) is 83.4 Å². The summed E-state index contributed by atoms with van der Waals surface area (Å²) in [5.41, 5.74) is 0.251. The second-order valence-corrected chi connectivity index (χ2v) is 7.73. The van der Waals surface area contributed by atoms with Crippen LogP contribution >= 0.6 is 0 Å². The molecule has 1 aliphatic heterocycles. The van der Waals surface area contributed by atoms with E-state index in [2.05, 4.69) is 10.5 Å². The monoisotopic (exact) mass is 436 g/mol. The van der Waals surface area contributed by atoms with E-state index in [1.807, 2.05) is 0 Å². The Kier molecular flexibility index (Phi) is 5.22. The molecule has 1 amide bonds. The molecule has 0 atom stereocenters. The molecule has 3 aromatic carbocycles. The summed E-state index contributed by atoms with van der Waals surface area (Å²) >= 11 is 0. The van der Waals surface area contributed by atoms with E-state index in [1.165, 1.54) is 24.3 Å². The maximum Gasteiger partial charge on any atom is 0.261 e. The average molecular weight is 436 g/mol. The van der Waals surface area contributed by atoms with Crippen molar-refractivity contribution in [2.24, 2.45) is 5.16 Å². The average Bonchev–Trinajstić information content (AvgIpc) is 3.02. The van der Waals surface area contributed by atoms with Crippen LogP contribution in [0.3, 0.4) is 0 Å². The van der Waals surface area contributed by atoms with Gasteiger partial charge in [-0.25, -0.2) is 8.78 Å². The molecule has 3 aromatic rings. The van der Waals surface area contributed by atoms with Crippen LogP contribution in [0.15, 0.2) is 65.8 Å². The molecule has 32 heavy (non-hydrogen) atoms. The van der Waals surface area contributed by atoms with Gasteiger partial charge in [0.2, 0.25) is 5.78 Å². The van der Waals surface area contributed by atoms with Crippen LogP contribution in [0.25, 0.3) is 11.1 Å². The minimum atomic E-state index is -1.05. The Balaban J connectivity index is 1.58. The fraction of sp³-hybridized carbons (Fsp3) is 0.125. The van der Waals surface area contributed by atoms with Crippen molar-refractivity contribution in [2.45, 2.75) is 19.4 Å². The van der Waals surface area contributed by atoms with E-state index < -0.39 is 28.7 Å². The Morgan fingerprint density at radius 2 is 1.62 bits per heavy atom. The standard InChI is InChI=1S/C24H18F2N2O4/c1-24(2)22(30)21(28-32-24)14-8-11-19(29)16(12-14)13-6-9-15(10-7-13)27-23(31)20-17(25)4-3-5-18(20)26/h3-12,29H,1-2H3,(H,27,31). The van der Waals surface area contributed by atoms with E-state index in [0.29, 0.717) is 22.4 Å². The van der Waals surface area contributed by atoms with Gasteiger partial charge in [0, 0.05) is 16.8 Å². The third-order valence-corrected chi connectivity index (χ3v) is 5.04. The lowest BCUT2D eigenvalue weighted by molar-refractivity contribution is -0.128. The van der Waals surface area contributed by atoms with Crippen LogP contribution in [-0.4, -0.2) is 28.1 Å². The van der Waals surface area contributed by atoms with Gasteiger partial charge >= 0.3 is 0 Å². The fourth-order valence-corrected chi connectivity index (χ4v) is 3.27. The molecule has 0 spiro atoms. The number of oxime groups is 1. The van der Waals surface area contributed by atoms with Crippen molar-refractivity contribution in [3.8, 4) is 16.9 Å². The molecule has 0 radical (unpaired) electrons. The van der Waals surface area contributed by atoms with Crippen molar-refractivity contribution in [3.63, 3.8) is 0 Å². The predicted molar refractivity (Wildman–Crippen MR) is 115 cm³/mol. The number of nitrogens with zero attached hydrogens (tertiary/aromatic N) is 1. The molecule has 0 saturated heterocycles. The summed E-state index contributed by atoms with van der Waals surface area (Å²) in [6.45, 7) is 3.24. The highest BCUT2D eigenvalue weighted by Gasteiger charge is 2.40. The van der Waals surface area contributed by atoms with Gasteiger partial charge in [-0.2, -0.15) is 0 Å². The van der Waals surface area contributed by atoms with Crippen molar-refractivity contribution >= 4 is 23.1 Å². The SMILES string of the molecule is CC1(C)ON=C(c2ccc(O)c(-c3ccc(NC(=O)c4c(F)cccc4F)cc3)c2)C1=O. The number of benzene rings is 3. The molecule has 2 N–H and O–H groups in total. The Labute approximate surface area is 182 Å². The van der Waals surface area contributed by atoms with Crippen molar-refractivity contribution in [1.82, 2.24) is 0 Å². The highest BCUT2D eigenvalue weighted by atomic mass is 19.1. The summed E-state index contributed by atoms with van der Waals surface area (Å²) in [6.07, 6.45) is 0. The molecular formula is C24H18F2N2O4. The minimum absolute atomic E-state index is 0.0230. The maximum absolute atomic E-state index is 13.8. The summed E-state index contributed by atoms with van der Waals surface area (Å²) < 4.78 is 27.6. The topological polar surface area (TPSA) is 88.0 Å². The number of phenolic OH excluding ortho intramolecular Hbond substituents is 1. The van der Waals surface area contributed by atoms with E-state index in [4.69, 9.17) is 4.84 Å². The summed E-state index contributed by atoms with van der Waals surface area (Å²) in [6, 6.07) is 14.1. The number of ketones is 1. The van der Waals surface area contributed by atoms with Crippen LogP contribution in [0.5, 0.6) is 5.75 Å². The van der Waals surface area contributed by atoms with Gasteiger partial charge in [-0.3, -0.25) is 9.59 Å². The molecule has 0 aliphatic carbocycles. The normalized spacial score (nSPS) is 14.6. The molecule has 8 heteroatoms. The number of hydrogen-bond donors (Lipinski definition) is 2. The molecule has 1 heterocycles. The second-order valence-electron chi connectivity index (χ2n) is 7.73. The Morgan fingerprint density at radius 1 is 1.00 bits per heavy atom. The highest BCUT2D eigenvalue weighted by molar-refractivity contribution is 6.49. The lowest BCUT2D eigenvalue weighted by atomic mass is 9.93. The molecule has 0 saturated carbocycles. The molecule has 0 unspecified atom stereocenters. The number of carbonyl (C=O) groups excluding carboxylic acids is 2. The van der Waals surface area contributed by atoms with Gasteiger partial charge in [0.1, 0.15) is 22.9 Å². The van der Waals surface area contributed by atoms with Crippen LogP contribution in [0, 0.1) is 11.6 Å². The van der Waals surface area contributed by atoms with E-state index in [-0.39, 0.29) is 17.2 Å². The third kappa shape index (κ3) is 3.82. The van der Waals surface area contributed by atoms with Crippen LogP contribution in [-0.2, 0) is 9.63 Å². The van der Waals surface area contributed by atoms with Crippen molar-refractivity contribution in [2.75, 3.05) is 5.32 Å². The smallest absolute Gasteiger partial charge is 0.261 e. The van der Waals surface area contributed by atoms with Crippen LogP contribution in [0.1, 0.15) is 29.8 Å². The molecule has 0 aromatic heterocycles. The molecule has 0 bridgehead atoms. The number of amides is 1. The zero-order valence-corrected chi connectivity index (χ0v) is 17.1. The first kappa shape index (κ1) is 21.2. The molecular weight excluding hydrogens is 418 g/mol. The number of aromatic hydroxyl groups is 1. The zero-order valence-electron chi connectivity index (χ0n) is 17.1. The van der Waals surface area contributed by atoms with Gasteiger partial charge in [0.15, 0.2) is 11.3 Å². The van der Waals surface area contributed by atoms with E-state index in [9.17, 15) is 23.5 Å². The van der Waals surface area contributed by atoms with E-state index in [1.54, 1.807) is 38.1 Å². The number of halogens is 2. The largest absolute Gasteiger partial charge is 0.507 e. The fourth-order valence-electron chi connectivity index (χ4n) is 3.27. The van der Waals surface area contributed by atoms with Gasteiger partial charge < -0.3 is 15.3 Å². The summed E-state index contributed by atoms with van der Waals surface area (Å²) in [7, 11) is 0. The lowest BCUT2D eigenvalue weighted by Gasteiger charge is -2.12. The molecule has 6 nitrogen and oxygen atoms in total. The van der Waals surface area contributed by atoms with Crippen molar-refractivity contribution in [1.29, 1.82) is 0 Å². The first-order chi connectivity index (χ1) is 15.2. The van der Waals surface area contributed by atoms with Crippen LogP contribution in [0.2, 0.25) is 0 Å². The summed E-state index contributed by atoms with van der Waals surface area (Å²) in [5.74, 6) is -3.13. The van der Waals surface area contributed by atoms with Gasteiger partial charge in [-0.15, -0.1) is 0 Å². The van der Waals surface area contributed by atoms with Gasteiger partial charge in [-0.1, -0.05) is 23.4 Å². The summed E-state index contributed by atoms with van der Waals surface area (Å²) in [4.78, 5) is 29.9. The van der Waals surface area contributed by atoms with E-state index in [0.717, 1.165) is 12.1 Å². The zero-order chi connectivity index (χ0) is 23.0. The predicted octanol–water partition coefficient (Wildman–Crippen LogP) is 4.67. The van der Waals surface area contributed by atoms with Crippen molar-refractivity contribution < 1.29 is 28.3 Å².